The van der Waals surface area contributed by atoms with Crippen LogP contribution in [0.3, 0.4) is 0 Å². The van der Waals surface area contributed by atoms with E-state index >= 15 is 0 Å². The number of guanidine groups is 1. The van der Waals surface area contributed by atoms with Crippen LogP contribution in [-0.4, -0.2) is 44.2 Å². The first-order chi connectivity index (χ1) is 12.3. The second-order valence-corrected chi connectivity index (χ2v) is 6.92. The van der Waals surface area contributed by atoms with Crippen LogP contribution in [0.1, 0.15) is 18.4 Å². The topological polar surface area (TPSA) is 61.8 Å². The number of nitrogens with one attached hydrogen (secondary N) is 2. The maximum absolute atomic E-state index is 5.16. The highest BCUT2D eigenvalue weighted by Crippen LogP contribution is 2.24. The van der Waals surface area contributed by atoms with Crippen LogP contribution in [0.4, 0.5) is 5.00 Å². The Labute approximate surface area is 176 Å². The number of thiophene rings is 1. The van der Waals surface area contributed by atoms with Crippen LogP contribution < -0.4 is 20.3 Å². The highest BCUT2D eigenvalue weighted by Gasteiger charge is 2.20. The first kappa shape index (κ1) is 20.8. The smallest absolute Gasteiger partial charge is 0.213 e. The predicted octanol–water partition coefficient (Wildman–Crippen LogP) is 3.10. The van der Waals surface area contributed by atoms with Crippen LogP contribution >= 0.6 is 35.3 Å². The Balaban J connectivity index is 0.00000243. The van der Waals surface area contributed by atoms with E-state index in [9.17, 15) is 0 Å². The Kier molecular flexibility index (Phi) is 8.43. The third-order valence-corrected chi connectivity index (χ3v) is 5.27. The normalized spacial score (nSPS) is 15.3. The quantitative estimate of drug-likeness (QED) is 0.386. The van der Waals surface area contributed by atoms with E-state index in [1.165, 1.54) is 5.00 Å². The Morgan fingerprint density at radius 3 is 2.85 bits per heavy atom. The summed E-state index contributed by atoms with van der Waals surface area (Å²) in [5.74, 6) is 1.47. The molecule has 0 unspecified atom stereocenters. The van der Waals surface area contributed by atoms with Gasteiger partial charge in [-0.15, -0.1) is 35.3 Å². The van der Waals surface area contributed by atoms with E-state index in [1.807, 2.05) is 30.5 Å². The number of hydrogen-bond donors (Lipinski definition) is 2. The zero-order valence-electron chi connectivity index (χ0n) is 15.1. The van der Waals surface area contributed by atoms with Crippen LogP contribution in [0.25, 0.3) is 0 Å². The molecule has 1 aliphatic rings. The molecule has 0 aliphatic carbocycles. The lowest BCUT2D eigenvalue weighted by Gasteiger charge is -2.33. The van der Waals surface area contributed by atoms with Gasteiger partial charge in [0.1, 0.15) is 0 Å². The molecule has 142 valence electrons. The van der Waals surface area contributed by atoms with Crippen molar-refractivity contribution < 1.29 is 4.74 Å². The summed E-state index contributed by atoms with van der Waals surface area (Å²) < 4.78 is 5.16. The number of anilines is 1. The molecule has 3 rings (SSSR count). The van der Waals surface area contributed by atoms with E-state index in [-0.39, 0.29) is 24.0 Å². The molecule has 1 saturated heterocycles. The van der Waals surface area contributed by atoms with Crippen molar-refractivity contribution in [3.05, 3.63) is 41.4 Å². The molecular weight excluding hydrogens is 461 g/mol. The van der Waals surface area contributed by atoms with Crippen molar-refractivity contribution in [1.82, 2.24) is 15.6 Å². The van der Waals surface area contributed by atoms with Crippen LogP contribution in [0.2, 0.25) is 0 Å². The Hall–Kier alpha value is -1.55. The predicted molar refractivity (Wildman–Crippen MR) is 119 cm³/mol. The fourth-order valence-electron chi connectivity index (χ4n) is 2.94. The van der Waals surface area contributed by atoms with Crippen molar-refractivity contribution >= 4 is 46.3 Å². The number of ether oxygens (including phenoxy) is 1. The number of rotatable bonds is 5. The molecule has 0 bridgehead atoms. The summed E-state index contributed by atoms with van der Waals surface area (Å²) in [5, 5.41) is 10.4. The second-order valence-electron chi connectivity index (χ2n) is 5.99. The van der Waals surface area contributed by atoms with Crippen LogP contribution in [0.15, 0.2) is 40.8 Å². The van der Waals surface area contributed by atoms with E-state index in [2.05, 4.69) is 43.0 Å². The van der Waals surface area contributed by atoms with Crippen LogP contribution in [-0.2, 0) is 6.54 Å². The van der Waals surface area contributed by atoms with Gasteiger partial charge in [0.05, 0.1) is 12.1 Å². The SMILES string of the molecule is CN=C(NCc1ccnc(OC)c1)NC1CCN(c2cccs2)CC1.I. The molecule has 0 atom stereocenters. The molecule has 0 amide bonds. The second kappa shape index (κ2) is 10.6. The fourth-order valence-corrected chi connectivity index (χ4v) is 3.73. The Bertz CT molecular complexity index is 687. The summed E-state index contributed by atoms with van der Waals surface area (Å²) >= 11 is 1.81. The molecule has 0 saturated carbocycles. The number of halogens is 1. The highest BCUT2D eigenvalue weighted by atomic mass is 127. The lowest BCUT2D eigenvalue weighted by molar-refractivity contribution is 0.397. The Morgan fingerprint density at radius 2 is 2.19 bits per heavy atom. The molecule has 0 spiro atoms. The molecule has 26 heavy (non-hydrogen) atoms. The number of pyridine rings is 1. The maximum Gasteiger partial charge on any atom is 0.213 e. The minimum absolute atomic E-state index is 0. The molecule has 2 N–H and O–H groups in total. The van der Waals surface area contributed by atoms with Crippen LogP contribution in [0.5, 0.6) is 5.88 Å². The molecule has 8 heteroatoms. The summed E-state index contributed by atoms with van der Waals surface area (Å²) in [6, 6.07) is 8.67. The highest BCUT2D eigenvalue weighted by molar-refractivity contribution is 14.0. The van der Waals surface area contributed by atoms with Crippen molar-refractivity contribution in [2.24, 2.45) is 4.99 Å². The van der Waals surface area contributed by atoms with Gasteiger partial charge in [0, 0.05) is 45.0 Å². The van der Waals surface area contributed by atoms with Gasteiger partial charge in [-0.25, -0.2) is 4.98 Å². The number of aromatic nitrogens is 1. The van der Waals surface area contributed by atoms with Gasteiger partial charge < -0.3 is 20.3 Å². The summed E-state index contributed by atoms with van der Waals surface area (Å²) in [6.07, 6.45) is 3.98. The van der Waals surface area contributed by atoms with Gasteiger partial charge in [-0.1, -0.05) is 0 Å². The first-order valence-electron chi connectivity index (χ1n) is 8.53. The van der Waals surface area contributed by atoms with Gasteiger partial charge in [-0.05, 0) is 42.0 Å². The molecule has 0 aromatic carbocycles. The summed E-state index contributed by atoms with van der Waals surface area (Å²) in [4.78, 5) is 10.9. The fraction of sp³-hybridized carbons (Fsp3) is 0.444. The molecule has 3 heterocycles. The molecule has 2 aromatic heterocycles. The van der Waals surface area contributed by atoms with Crippen molar-refractivity contribution in [1.29, 1.82) is 0 Å². The van der Waals surface area contributed by atoms with Gasteiger partial charge in [-0.3, -0.25) is 4.99 Å². The molecular formula is C18H26IN5OS. The maximum atomic E-state index is 5.16. The number of methoxy groups -OCH3 is 1. The number of nitrogens with zero attached hydrogens (tertiary/aromatic N) is 3. The first-order valence-corrected chi connectivity index (χ1v) is 9.41. The van der Waals surface area contributed by atoms with Gasteiger partial charge >= 0.3 is 0 Å². The minimum Gasteiger partial charge on any atom is -0.481 e. The van der Waals surface area contributed by atoms with Gasteiger partial charge in [0.25, 0.3) is 0 Å². The minimum atomic E-state index is 0. The number of hydrogen-bond acceptors (Lipinski definition) is 5. The monoisotopic (exact) mass is 487 g/mol. The molecule has 2 aromatic rings. The zero-order valence-corrected chi connectivity index (χ0v) is 18.3. The van der Waals surface area contributed by atoms with E-state index in [1.54, 1.807) is 13.3 Å². The largest absolute Gasteiger partial charge is 0.481 e. The molecule has 0 radical (unpaired) electrons. The van der Waals surface area contributed by atoms with Crippen LogP contribution in [0, 0.1) is 0 Å². The van der Waals surface area contributed by atoms with Gasteiger partial charge in [-0.2, -0.15) is 0 Å². The van der Waals surface area contributed by atoms with E-state index < -0.39 is 0 Å². The summed E-state index contributed by atoms with van der Waals surface area (Å²) in [6.45, 7) is 2.85. The average molecular weight is 487 g/mol. The van der Waals surface area contributed by atoms with Crippen molar-refractivity contribution in [3.63, 3.8) is 0 Å². The van der Waals surface area contributed by atoms with E-state index in [4.69, 9.17) is 4.74 Å². The molecule has 1 aliphatic heterocycles. The Morgan fingerprint density at radius 1 is 1.38 bits per heavy atom. The van der Waals surface area contributed by atoms with E-state index in [0.29, 0.717) is 18.5 Å². The third-order valence-electron chi connectivity index (χ3n) is 4.35. The standard InChI is InChI=1S/C18H25N5OS.HI/c1-19-18(21-13-14-5-8-20-16(12-14)24-2)22-15-6-9-23(10-7-15)17-4-3-11-25-17;/h3-5,8,11-12,15H,6-7,9-10,13H2,1-2H3,(H2,19,21,22);1H. The van der Waals surface area contributed by atoms with Gasteiger partial charge in [0.15, 0.2) is 5.96 Å². The van der Waals surface area contributed by atoms with Gasteiger partial charge in [0.2, 0.25) is 5.88 Å². The van der Waals surface area contributed by atoms with E-state index in [0.717, 1.165) is 37.5 Å². The van der Waals surface area contributed by atoms with Crippen molar-refractivity contribution in [3.8, 4) is 5.88 Å². The summed E-state index contributed by atoms with van der Waals surface area (Å²) in [5.41, 5.74) is 1.11. The summed E-state index contributed by atoms with van der Waals surface area (Å²) in [7, 11) is 3.44. The number of aliphatic imine (C=N–C) groups is 1. The molecule has 6 nitrogen and oxygen atoms in total. The molecule has 1 fully saturated rings. The third kappa shape index (κ3) is 5.73. The van der Waals surface area contributed by atoms with Crippen molar-refractivity contribution in [2.75, 3.05) is 32.1 Å². The average Bonchev–Trinajstić information content (AvgIpc) is 3.20. The number of piperidine rings is 1. The van der Waals surface area contributed by atoms with Crippen molar-refractivity contribution in [2.45, 2.75) is 25.4 Å². The lowest BCUT2D eigenvalue weighted by atomic mass is 10.1. The zero-order chi connectivity index (χ0) is 17.5. The lowest BCUT2D eigenvalue weighted by Crippen LogP contribution is -2.48.